The van der Waals surface area contributed by atoms with Crippen molar-refractivity contribution in [1.82, 2.24) is 9.21 Å². The van der Waals surface area contributed by atoms with Gasteiger partial charge >= 0.3 is 0 Å². The molecule has 0 saturated carbocycles. The molecule has 1 unspecified atom stereocenters. The number of hydrogen-bond acceptors (Lipinski definition) is 4. The molecule has 1 aliphatic heterocycles. The van der Waals surface area contributed by atoms with Gasteiger partial charge in [-0.1, -0.05) is 30.3 Å². The number of rotatable bonds is 5. The predicted octanol–water partition coefficient (Wildman–Crippen LogP) is 2.36. The molecule has 1 heterocycles. The Morgan fingerprint density at radius 3 is 2.73 bits per heavy atom. The number of likely N-dealkylation sites (N-methyl/N-ethyl adjacent to an activating group) is 1. The van der Waals surface area contributed by atoms with Crippen LogP contribution in [0.1, 0.15) is 12.0 Å². The van der Waals surface area contributed by atoms with Crippen LogP contribution in [0.3, 0.4) is 0 Å². The Morgan fingerprint density at radius 1 is 1.32 bits per heavy atom. The van der Waals surface area contributed by atoms with Crippen LogP contribution in [0, 0.1) is 0 Å². The maximum absolute atomic E-state index is 12.7. The normalized spacial score (nSPS) is 21.3. The molecule has 0 radical (unpaired) electrons. The topological polar surface area (TPSA) is 40.6 Å². The summed E-state index contributed by atoms with van der Waals surface area (Å²) in [5, 5.41) is 1.35. The molecule has 122 valence electrons. The summed E-state index contributed by atoms with van der Waals surface area (Å²) in [5.74, 6) is 1.88. The number of thioether (sulfide) groups is 1. The highest BCUT2D eigenvalue weighted by molar-refractivity contribution is 7.99. The van der Waals surface area contributed by atoms with Crippen molar-refractivity contribution in [3.63, 3.8) is 0 Å². The second kappa shape index (κ2) is 8.15. The molecule has 6 heteroatoms. The first-order valence-corrected chi connectivity index (χ1v) is 10.1. The molecule has 0 aromatic heterocycles. The Labute approximate surface area is 138 Å². The molecule has 1 atom stereocenters. The zero-order chi connectivity index (χ0) is 16.0. The third-order valence-electron chi connectivity index (χ3n) is 3.52. The first-order chi connectivity index (χ1) is 10.5. The molecule has 1 aromatic rings. The molecular weight excluding hydrogens is 316 g/mol. The number of sulfonamides is 1. The standard InChI is InChI=1S/C16H24N2O2S2/c1-17(2)13-16-14-21-11-6-10-18(16)22(19,20)12-9-15-7-4-3-5-8-15/h3-5,7-9,12,16H,6,10-11,13-14H2,1-2H3/b12-9+. The summed E-state index contributed by atoms with van der Waals surface area (Å²) in [6.07, 6.45) is 2.59. The van der Waals surface area contributed by atoms with Crippen molar-refractivity contribution >= 4 is 27.9 Å². The van der Waals surface area contributed by atoms with Gasteiger partial charge in [0.05, 0.1) is 0 Å². The van der Waals surface area contributed by atoms with Gasteiger partial charge < -0.3 is 4.90 Å². The molecule has 2 rings (SSSR count). The number of benzene rings is 1. The fraction of sp³-hybridized carbons (Fsp3) is 0.500. The zero-order valence-electron chi connectivity index (χ0n) is 13.2. The van der Waals surface area contributed by atoms with E-state index in [9.17, 15) is 8.42 Å². The first kappa shape index (κ1) is 17.5. The molecule has 1 aliphatic rings. The highest BCUT2D eigenvalue weighted by Gasteiger charge is 2.30. The van der Waals surface area contributed by atoms with Crippen LogP contribution < -0.4 is 0 Å². The predicted molar refractivity (Wildman–Crippen MR) is 95.4 cm³/mol. The van der Waals surface area contributed by atoms with Crippen LogP contribution in [0.15, 0.2) is 35.7 Å². The maximum Gasteiger partial charge on any atom is 0.236 e. The van der Waals surface area contributed by atoms with Gasteiger partial charge in [0, 0.05) is 30.3 Å². The van der Waals surface area contributed by atoms with Gasteiger partial charge in [0.25, 0.3) is 0 Å². The summed E-state index contributed by atoms with van der Waals surface area (Å²) in [6.45, 7) is 1.36. The third kappa shape index (κ3) is 5.12. The zero-order valence-corrected chi connectivity index (χ0v) is 14.8. The Bertz CT molecular complexity index is 585. The molecule has 0 bridgehead atoms. The molecule has 22 heavy (non-hydrogen) atoms. The van der Waals surface area contributed by atoms with Crippen molar-refractivity contribution in [2.45, 2.75) is 12.5 Å². The largest absolute Gasteiger partial charge is 0.308 e. The fourth-order valence-electron chi connectivity index (χ4n) is 2.51. The molecule has 1 saturated heterocycles. The van der Waals surface area contributed by atoms with Crippen LogP contribution in [-0.4, -0.2) is 62.4 Å². The minimum Gasteiger partial charge on any atom is -0.308 e. The summed E-state index contributed by atoms with van der Waals surface area (Å²) < 4.78 is 27.1. The van der Waals surface area contributed by atoms with Crippen LogP contribution in [0.5, 0.6) is 0 Å². The van der Waals surface area contributed by atoms with E-state index in [0.717, 1.165) is 30.0 Å². The lowest BCUT2D eigenvalue weighted by Crippen LogP contribution is -2.45. The minimum absolute atomic E-state index is 0.0351. The van der Waals surface area contributed by atoms with Crippen molar-refractivity contribution in [2.24, 2.45) is 0 Å². The molecule has 0 spiro atoms. The lowest BCUT2D eigenvalue weighted by Gasteiger charge is -2.29. The van der Waals surface area contributed by atoms with E-state index >= 15 is 0 Å². The van der Waals surface area contributed by atoms with Gasteiger partial charge in [0.1, 0.15) is 0 Å². The van der Waals surface area contributed by atoms with E-state index in [1.165, 1.54) is 5.41 Å². The Hall–Kier alpha value is -0.820. The Kier molecular flexibility index (Phi) is 6.50. The second-order valence-electron chi connectivity index (χ2n) is 5.71. The van der Waals surface area contributed by atoms with Crippen molar-refractivity contribution in [3.05, 3.63) is 41.3 Å². The Balaban J connectivity index is 2.18. The summed E-state index contributed by atoms with van der Waals surface area (Å²) >= 11 is 1.84. The molecule has 1 aromatic carbocycles. The fourth-order valence-corrected chi connectivity index (χ4v) is 5.09. The van der Waals surface area contributed by atoms with Gasteiger partial charge in [-0.3, -0.25) is 0 Å². The van der Waals surface area contributed by atoms with Crippen molar-refractivity contribution in [1.29, 1.82) is 0 Å². The average Bonchev–Trinajstić information content (AvgIpc) is 2.72. The first-order valence-electron chi connectivity index (χ1n) is 7.46. The van der Waals surface area contributed by atoms with Crippen LogP contribution in [0.4, 0.5) is 0 Å². The van der Waals surface area contributed by atoms with E-state index in [0.29, 0.717) is 6.54 Å². The highest BCUT2D eigenvalue weighted by atomic mass is 32.2. The third-order valence-corrected chi connectivity index (χ3v) is 6.33. The van der Waals surface area contributed by atoms with Crippen LogP contribution in [0.25, 0.3) is 6.08 Å². The molecule has 0 N–H and O–H groups in total. The number of hydrogen-bond donors (Lipinski definition) is 0. The molecule has 1 fully saturated rings. The van der Waals surface area contributed by atoms with Gasteiger partial charge in [-0.25, -0.2) is 8.42 Å². The smallest absolute Gasteiger partial charge is 0.236 e. The lowest BCUT2D eigenvalue weighted by molar-refractivity contribution is 0.273. The van der Waals surface area contributed by atoms with E-state index in [1.54, 1.807) is 10.4 Å². The summed E-state index contributed by atoms with van der Waals surface area (Å²) in [7, 11) is 0.586. The lowest BCUT2D eigenvalue weighted by atomic mass is 10.2. The van der Waals surface area contributed by atoms with Gasteiger partial charge in [0.15, 0.2) is 0 Å². The average molecular weight is 341 g/mol. The monoisotopic (exact) mass is 340 g/mol. The quantitative estimate of drug-likeness (QED) is 0.825. The molecular formula is C16H24N2O2S2. The van der Waals surface area contributed by atoms with Crippen LogP contribution >= 0.6 is 11.8 Å². The number of nitrogens with zero attached hydrogens (tertiary/aromatic N) is 2. The maximum atomic E-state index is 12.7. The molecule has 4 nitrogen and oxygen atoms in total. The van der Waals surface area contributed by atoms with Crippen molar-refractivity contribution in [3.8, 4) is 0 Å². The minimum atomic E-state index is -3.39. The van der Waals surface area contributed by atoms with Crippen LogP contribution in [-0.2, 0) is 10.0 Å². The highest BCUT2D eigenvalue weighted by Crippen LogP contribution is 2.21. The summed E-state index contributed by atoms with van der Waals surface area (Å²) in [4.78, 5) is 2.06. The van der Waals surface area contributed by atoms with E-state index in [4.69, 9.17) is 0 Å². The van der Waals surface area contributed by atoms with Gasteiger partial charge in [-0.15, -0.1) is 0 Å². The van der Waals surface area contributed by atoms with E-state index in [1.807, 2.05) is 56.2 Å². The second-order valence-corrected chi connectivity index (χ2v) is 8.63. The molecule has 0 aliphatic carbocycles. The van der Waals surface area contributed by atoms with E-state index < -0.39 is 10.0 Å². The van der Waals surface area contributed by atoms with Crippen LogP contribution in [0.2, 0.25) is 0 Å². The van der Waals surface area contributed by atoms with Gasteiger partial charge in [0.2, 0.25) is 10.0 Å². The summed E-state index contributed by atoms with van der Waals surface area (Å²) in [5.41, 5.74) is 0.902. The van der Waals surface area contributed by atoms with E-state index in [-0.39, 0.29) is 6.04 Å². The molecule has 0 amide bonds. The van der Waals surface area contributed by atoms with Gasteiger partial charge in [-0.2, -0.15) is 16.1 Å². The van der Waals surface area contributed by atoms with Gasteiger partial charge in [-0.05, 0) is 37.9 Å². The SMILES string of the molecule is CN(C)CC1CSCCCN1S(=O)(=O)/C=C/c1ccccc1. The van der Waals surface area contributed by atoms with Crippen molar-refractivity contribution in [2.75, 3.05) is 38.7 Å². The summed E-state index contributed by atoms with van der Waals surface area (Å²) in [6, 6.07) is 9.58. The Morgan fingerprint density at radius 2 is 2.05 bits per heavy atom. The van der Waals surface area contributed by atoms with E-state index in [2.05, 4.69) is 4.90 Å². The van der Waals surface area contributed by atoms with Crippen molar-refractivity contribution < 1.29 is 8.42 Å².